The van der Waals surface area contributed by atoms with E-state index in [9.17, 15) is 9.59 Å². The van der Waals surface area contributed by atoms with Gasteiger partial charge in [-0.3, -0.25) is 14.6 Å². The van der Waals surface area contributed by atoms with Gasteiger partial charge in [-0.1, -0.05) is 0 Å². The number of nitrogens with zero attached hydrogens (tertiary/aromatic N) is 2. The average molecular weight is 281 g/mol. The molecule has 0 saturated heterocycles. The molecule has 0 aliphatic rings. The normalized spacial score (nSPS) is 10.3. The second-order valence-corrected chi connectivity index (χ2v) is 4.28. The molecule has 1 aromatic carbocycles. The minimum absolute atomic E-state index is 0.460. The maximum Gasteiger partial charge on any atom is 0.314 e. The molecule has 0 atom stereocenters. The summed E-state index contributed by atoms with van der Waals surface area (Å²) in [4.78, 5) is 34.4. The number of nitrogens with one attached hydrogen (secondary N) is 3. The van der Waals surface area contributed by atoms with E-state index >= 15 is 0 Å². The van der Waals surface area contributed by atoms with Crippen LogP contribution in [0.15, 0.2) is 49.1 Å². The van der Waals surface area contributed by atoms with Crippen LogP contribution in [0.5, 0.6) is 0 Å². The van der Waals surface area contributed by atoms with Gasteiger partial charge in [0.15, 0.2) is 0 Å². The highest BCUT2D eigenvalue weighted by molar-refractivity contribution is 6.43. The van der Waals surface area contributed by atoms with Crippen LogP contribution in [0.3, 0.4) is 0 Å². The van der Waals surface area contributed by atoms with Crippen LogP contribution in [0, 0.1) is 0 Å². The van der Waals surface area contributed by atoms with Crippen molar-refractivity contribution in [2.75, 3.05) is 10.6 Å². The van der Waals surface area contributed by atoms with Gasteiger partial charge in [-0.05, 0) is 30.3 Å². The van der Waals surface area contributed by atoms with E-state index in [4.69, 9.17) is 0 Å². The quantitative estimate of drug-likeness (QED) is 0.620. The Morgan fingerprint density at radius 2 is 1.86 bits per heavy atom. The Bertz CT molecular complexity index is 797. The SMILES string of the molecule is O=C(Nc1cccnc1)C(=O)Nc1ccc2nc[nH]c2c1. The van der Waals surface area contributed by atoms with E-state index in [1.165, 1.54) is 6.20 Å². The van der Waals surface area contributed by atoms with Gasteiger partial charge in [0.05, 0.1) is 29.2 Å². The summed E-state index contributed by atoms with van der Waals surface area (Å²) < 4.78 is 0. The zero-order valence-electron chi connectivity index (χ0n) is 10.8. The number of carbonyl (C=O) groups is 2. The lowest BCUT2D eigenvalue weighted by Gasteiger charge is -2.06. The molecule has 0 fully saturated rings. The maximum absolute atomic E-state index is 11.8. The Kier molecular flexibility index (Phi) is 3.30. The van der Waals surface area contributed by atoms with Crippen LogP contribution in [-0.2, 0) is 9.59 Å². The van der Waals surface area contributed by atoms with Crippen LogP contribution >= 0.6 is 0 Å². The Labute approximate surface area is 119 Å². The molecule has 3 rings (SSSR count). The number of hydrogen-bond donors (Lipinski definition) is 3. The maximum atomic E-state index is 11.8. The van der Waals surface area contributed by atoms with Gasteiger partial charge in [0, 0.05) is 11.9 Å². The first kappa shape index (κ1) is 12.8. The predicted molar refractivity (Wildman–Crippen MR) is 77.6 cm³/mol. The van der Waals surface area contributed by atoms with Crippen LogP contribution in [0.2, 0.25) is 0 Å². The van der Waals surface area contributed by atoms with Crippen molar-refractivity contribution in [2.24, 2.45) is 0 Å². The monoisotopic (exact) mass is 281 g/mol. The highest BCUT2D eigenvalue weighted by Crippen LogP contribution is 2.15. The first-order valence-electron chi connectivity index (χ1n) is 6.18. The fourth-order valence-electron chi connectivity index (χ4n) is 1.83. The van der Waals surface area contributed by atoms with E-state index in [1.807, 2.05) is 0 Å². The number of anilines is 2. The van der Waals surface area contributed by atoms with E-state index in [0.29, 0.717) is 11.4 Å². The lowest BCUT2D eigenvalue weighted by Crippen LogP contribution is -2.29. The highest BCUT2D eigenvalue weighted by Gasteiger charge is 2.14. The molecular weight excluding hydrogens is 270 g/mol. The second kappa shape index (κ2) is 5.41. The number of benzene rings is 1. The number of imidazole rings is 1. The van der Waals surface area contributed by atoms with Crippen LogP contribution in [-0.4, -0.2) is 26.8 Å². The fourth-order valence-corrected chi connectivity index (χ4v) is 1.83. The molecule has 0 radical (unpaired) electrons. The predicted octanol–water partition coefficient (Wildman–Crippen LogP) is 1.54. The number of aromatic nitrogens is 3. The standard InChI is InChI=1S/C14H11N5O2/c20-13(14(21)19-10-2-1-5-15-7-10)18-9-3-4-11-12(6-9)17-8-16-11/h1-8H,(H,16,17)(H,18,20)(H,19,21). The van der Waals surface area contributed by atoms with Crippen molar-refractivity contribution in [1.82, 2.24) is 15.0 Å². The van der Waals surface area contributed by atoms with Crippen molar-refractivity contribution < 1.29 is 9.59 Å². The van der Waals surface area contributed by atoms with Crippen LogP contribution in [0.4, 0.5) is 11.4 Å². The molecule has 21 heavy (non-hydrogen) atoms. The number of pyridine rings is 1. The molecule has 0 aliphatic heterocycles. The van der Waals surface area contributed by atoms with Crippen molar-refractivity contribution in [3.05, 3.63) is 49.1 Å². The number of aromatic amines is 1. The molecular formula is C14H11N5O2. The smallest absolute Gasteiger partial charge is 0.314 e. The summed E-state index contributed by atoms with van der Waals surface area (Å²) in [5.41, 5.74) is 2.54. The minimum Gasteiger partial charge on any atom is -0.345 e. The van der Waals surface area contributed by atoms with Crippen LogP contribution < -0.4 is 10.6 Å². The van der Waals surface area contributed by atoms with E-state index in [1.54, 1.807) is 42.9 Å². The summed E-state index contributed by atoms with van der Waals surface area (Å²) in [5.74, 6) is -1.51. The summed E-state index contributed by atoms with van der Waals surface area (Å²) in [6, 6.07) is 8.45. The summed E-state index contributed by atoms with van der Waals surface area (Å²) in [7, 11) is 0. The average Bonchev–Trinajstić information content (AvgIpc) is 2.95. The second-order valence-electron chi connectivity index (χ2n) is 4.28. The Balaban J connectivity index is 1.69. The lowest BCUT2D eigenvalue weighted by molar-refractivity contribution is -0.133. The zero-order chi connectivity index (χ0) is 14.7. The third-order valence-corrected chi connectivity index (χ3v) is 2.80. The van der Waals surface area contributed by atoms with Crippen molar-refractivity contribution in [3.8, 4) is 0 Å². The molecule has 7 heteroatoms. The first-order valence-corrected chi connectivity index (χ1v) is 6.18. The van der Waals surface area contributed by atoms with Gasteiger partial charge in [0.25, 0.3) is 0 Å². The summed E-state index contributed by atoms with van der Waals surface area (Å²) in [6.45, 7) is 0. The first-order chi connectivity index (χ1) is 10.2. The fraction of sp³-hybridized carbons (Fsp3) is 0. The van der Waals surface area contributed by atoms with Crippen molar-refractivity contribution in [3.63, 3.8) is 0 Å². The highest BCUT2D eigenvalue weighted by atomic mass is 16.2. The molecule has 0 aliphatic carbocycles. The molecule has 0 saturated carbocycles. The van der Waals surface area contributed by atoms with Crippen molar-refractivity contribution in [2.45, 2.75) is 0 Å². The molecule has 7 nitrogen and oxygen atoms in total. The minimum atomic E-state index is -0.757. The van der Waals surface area contributed by atoms with Gasteiger partial charge in [-0.15, -0.1) is 0 Å². The largest absolute Gasteiger partial charge is 0.345 e. The Morgan fingerprint density at radius 3 is 2.62 bits per heavy atom. The van der Waals surface area contributed by atoms with Gasteiger partial charge in [0.1, 0.15) is 0 Å². The van der Waals surface area contributed by atoms with E-state index < -0.39 is 11.8 Å². The molecule has 3 aromatic rings. The molecule has 0 bridgehead atoms. The Hall–Kier alpha value is -3.22. The van der Waals surface area contributed by atoms with Crippen molar-refractivity contribution >= 4 is 34.2 Å². The van der Waals surface area contributed by atoms with E-state index in [0.717, 1.165) is 11.0 Å². The molecule has 3 N–H and O–H groups in total. The van der Waals surface area contributed by atoms with Crippen LogP contribution in [0.25, 0.3) is 11.0 Å². The topological polar surface area (TPSA) is 99.8 Å². The van der Waals surface area contributed by atoms with Crippen LogP contribution in [0.1, 0.15) is 0 Å². The molecule has 0 unspecified atom stereocenters. The van der Waals surface area contributed by atoms with Gasteiger partial charge < -0.3 is 15.6 Å². The van der Waals surface area contributed by atoms with E-state index in [2.05, 4.69) is 25.6 Å². The molecule has 2 aromatic heterocycles. The lowest BCUT2D eigenvalue weighted by atomic mass is 10.2. The Morgan fingerprint density at radius 1 is 1.05 bits per heavy atom. The van der Waals surface area contributed by atoms with Gasteiger partial charge >= 0.3 is 11.8 Å². The number of H-pyrrole nitrogens is 1. The number of rotatable bonds is 2. The molecule has 2 amide bonds. The number of hydrogen-bond acceptors (Lipinski definition) is 4. The summed E-state index contributed by atoms with van der Waals surface area (Å²) in [6.07, 6.45) is 4.60. The third-order valence-electron chi connectivity index (χ3n) is 2.80. The van der Waals surface area contributed by atoms with Gasteiger partial charge in [-0.25, -0.2) is 4.98 Å². The number of fused-ring (bicyclic) bond motifs is 1. The summed E-state index contributed by atoms with van der Waals surface area (Å²) >= 11 is 0. The zero-order valence-corrected chi connectivity index (χ0v) is 10.8. The molecule has 104 valence electrons. The number of carbonyl (C=O) groups excluding carboxylic acids is 2. The van der Waals surface area contributed by atoms with Crippen molar-refractivity contribution in [1.29, 1.82) is 0 Å². The third kappa shape index (κ3) is 2.86. The van der Waals surface area contributed by atoms with E-state index in [-0.39, 0.29) is 0 Å². The van der Waals surface area contributed by atoms with Gasteiger partial charge in [0.2, 0.25) is 0 Å². The van der Waals surface area contributed by atoms with Gasteiger partial charge in [-0.2, -0.15) is 0 Å². The molecule has 0 spiro atoms. The number of amides is 2. The summed E-state index contributed by atoms with van der Waals surface area (Å²) in [5, 5.41) is 4.99. The molecule has 2 heterocycles.